The summed E-state index contributed by atoms with van der Waals surface area (Å²) < 4.78 is 33.4. The van der Waals surface area contributed by atoms with Gasteiger partial charge in [0.25, 0.3) is 5.56 Å². The van der Waals surface area contributed by atoms with Crippen LogP contribution in [0.25, 0.3) is 10.8 Å². The zero-order chi connectivity index (χ0) is 19.0. The fourth-order valence-corrected chi connectivity index (χ4v) is 5.92. The molecule has 27 heavy (non-hydrogen) atoms. The van der Waals surface area contributed by atoms with Crippen LogP contribution < -0.4 is 10.9 Å². The lowest BCUT2D eigenvalue weighted by Gasteiger charge is -2.26. The van der Waals surface area contributed by atoms with Crippen LogP contribution in [0.3, 0.4) is 0 Å². The van der Waals surface area contributed by atoms with Crippen LogP contribution in [0.2, 0.25) is 5.02 Å². The van der Waals surface area contributed by atoms with Gasteiger partial charge in [-0.2, -0.15) is 4.31 Å². The second-order valence-corrected chi connectivity index (χ2v) is 9.36. The summed E-state index contributed by atoms with van der Waals surface area (Å²) in [5, 5.41) is 4.34. The van der Waals surface area contributed by atoms with E-state index < -0.39 is 10.0 Å². The van der Waals surface area contributed by atoms with Crippen LogP contribution in [0.5, 0.6) is 0 Å². The monoisotopic (exact) mass is 411 g/mol. The van der Waals surface area contributed by atoms with Crippen molar-refractivity contribution in [2.75, 3.05) is 26.3 Å². The van der Waals surface area contributed by atoms with Crippen molar-refractivity contribution in [2.45, 2.75) is 36.2 Å². The van der Waals surface area contributed by atoms with E-state index in [-0.39, 0.29) is 32.3 Å². The van der Waals surface area contributed by atoms with Crippen molar-refractivity contribution in [3.8, 4) is 0 Å². The number of hydrogen-bond acceptors (Lipinski definition) is 5. The SMILES string of the molecule is O=c1[nH]cc(Cl)c2c(S(=O)(=O)N3CCC(NC4CCOCC4)C3)cccc12. The van der Waals surface area contributed by atoms with Gasteiger partial charge < -0.3 is 15.0 Å². The molecule has 7 nitrogen and oxygen atoms in total. The summed E-state index contributed by atoms with van der Waals surface area (Å²) in [6.45, 7) is 2.35. The number of H-pyrrole nitrogens is 1. The summed E-state index contributed by atoms with van der Waals surface area (Å²) in [7, 11) is -3.75. The van der Waals surface area contributed by atoms with Crippen LogP contribution in [0, 0.1) is 0 Å². The molecule has 3 heterocycles. The normalized spacial score (nSPS) is 22.5. The van der Waals surface area contributed by atoms with Gasteiger partial charge in [-0.25, -0.2) is 8.42 Å². The highest BCUT2D eigenvalue weighted by Gasteiger charge is 2.35. The minimum Gasteiger partial charge on any atom is -0.381 e. The lowest BCUT2D eigenvalue weighted by atomic mass is 10.1. The molecule has 0 spiro atoms. The molecule has 4 rings (SSSR count). The van der Waals surface area contributed by atoms with Crippen LogP contribution in [0.15, 0.2) is 34.1 Å². The van der Waals surface area contributed by atoms with Gasteiger partial charge in [0.15, 0.2) is 0 Å². The van der Waals surface area contributed by atoms with Crippen molar-refractivity contribution in [1.82, 2.24) is 14.6 Å². The Morgan fingerprint density at radius 1 is 1.19 bits per heavy atom. The molecule has 0 amide bonds. The van der Waals surface area contributed by atoms with Gasteiger partial charge in [-0.15, -0.1) is 0 Å². The maximum atomic E-state index is 13.3. The largest absolute Gasteiger partial charge is 0.381 e. The summed E-state index contributed by atoms with van der Waals surface area (Å²) in [6.07, 6.45) is 4.00. The van der Waals surface area contributed by atoms with Crippen LogP contribution in [-0.2, 0) is 14.8 Å². The molecule has 2 aliphatic rings. The van der Waals surface area contributed by atoms with E-state index in [1.807, 2.05) is 0 Å². The molecule has 1 aromatic carbocycles. The molecule has 0 aliphatic carbocycles. The summed E-state index contributed by atoms with van der Waals surface area (Å²) in [5.41, 5.74) is -0.355. The Morgan fingerprint density at radius 2 is 1.96 bits per heavy atom. The lowest BCUT2D eigenvalue weighted by molar-refractivity contribution is 0.0753. The summed E-state index contributed by atoms with van der Waals surface area (Å²) in [6, 6.07) is 5.17. The molecular weight excluding hydrogens is 390 g/mol. The Kier molecular flexibility index (Phi) is 5.26. The number of fused-ring (bicyclic) bond motifs is 1. The van der Waals surface area contributed by atoms with Crippen molar-refractivity contribution in [3.05, 3.63) is 39.8 Å². The number of nitrogens with one attached hydrogen (secondary N) is 2. The molecule has 1 unspecified atom stereocenters. The molecule has 0 bridgehead atoms. The average molecular weight is 412 g/mol. The zero-order valence-electron chi connectivity index (χ0n) is 14.8. The third-order valence-electron chi connectivity index (χ3n) is 5.30. The number of pyridine rings is 1. The van der Waals surface area contributed by atoms with E-state index >= 15 is 0 Å². The van der Waals surface area contributed by atoms with E-state index in [2.05, 4.69) is 10.3 Å². The highest BCUT2D eigenvalue weighted by Crippen LogP contribution is 2.31. The van der Waals surface area contributed by atoms with Gasteiger partial charge in [-0.3, -0.25) is 4.79 Å². The van der Waals surface area contributed by atoms with E-state index in [4.69, 9.17) is 16.3 Å². The van der Waals surface area contributed by atoms with Crippen molar-refractivity contribution in [3.63, 3.8) is 0 Å². The van der Waals surface area contributed by atoms with E-state index in [0.717, 1.165) is 32.5 Å². The zero-order valence-corrected chi connectivity index (χ0v) is 16.4. The first-order chi connectivity index (χ1) is 13.0. The standard InChI is InChI=1S/C18H22ClN3O4S/c19-15-10-20-18(23)14-2-1-3-16(17(14)15)27(24,25)22-7-4-13(11-22)21-12-5-8-26-9-6-12/h1-3,10,12-13,21H,4-9,11H2,(H,20,23). The van der Waals surface area contributed by atoms with Gasteiger partial charge in [0.2, 0.25) is 10.0 Å². The fourth-order valence-electron chi connectivity index (χ4n) is 3.88. The van der Waals surface area contributed by atoms with Crippen molar-refractivity contribution in [2.24, 2.45) is 0 Å². The van der Waals surface area contributed by atoms with Crippen molar-refractivity contribution >= 4 is 32.4 Å². The van der Waals surface area contributed by atoms with E-state index in [1.54, 1.807) is 12.1 Å². The molecule has 9 heteroatoms. The molecule has 1 aromatic heterocycles. The number of benzene rings is 1. The predicted octanol–water partition coefficient (Wildman–Crippen LogP) is 1.71. The van der Waals surface area contributed by atoms with Gasteiger partial charge in [0.1, 0.15) is 0 Å². The Balaban J connectivity index is 1.60. The van der Waals surface area contributed by atoms with Crippen LogP contribution >= 0.6 is 11.6 Å². The molecule has 0 radical (unpaired) electrons. The van der Waals surface area contributed by atoms with Gasteiger partial charge in [-0.05, 0) is 31.4 Å². The Labute approximate surface area is 162 Å². The molecule has 0 saturated carbocycles. The van der Waals surface area contributed by atoms with E-state index in [0.29, 0.717) is 19.1 Å². The highest BCUT2D eigenvalue weighted by molar-refractivity contribution is 7.89. The highest BCUT2D eigenvalue weighted by atomic mass is 35.5. The molecule has 1 atom stereocenters. The van der Waals surface area contributed by atoms with Gasteiger partial charge >= 0.3 is 0 Å². The first-order valence-electron chi connectivity index (χ1n) is 9.10. The number of nitrogens with zero attached hydrogens (tertiary/aromatic N) is 1. The number of hydrogen-bond donors (Lipinski definition) is 2. The first-order valence-corrected chi connectivity index (χ1v) is 10.9. The quantitative estimate of drug-likeness (QED) is 0.799. The van der Waals surface area contributed by atoms with Gasteiger partial charge in [-0.1, -0.05) is 17.7 Å². The fraction of sp³-hybridized carbons (Fsp3) is 0.500. The average Bonchev–Trinajstić information content (AvgIpc) is 3.14. The maximum Gasteiger partial charge on any atom is 0.255 e. The summed E-state index contributed by atoms with van der Waals surface area (Å²) in [5.74, 6) is 0. The Morgan fingerprint density at radius 3 is 2.74 bits per heavy atom. The Hall–Kier alpha value is -1.45. The number of halogens is 1. The maximum absolute atomic E-state index is 13.3. The number of aromatic nitrogens is 1. The third-order valence-corrected chi connectivity index (χ3v) is 7.51. The predicted molar refractivity (Wildman–Crippen MR) is 104 cm³/mol. The van der Waals surface area contributed by atoms with E-state index in [1.165, 1.54) is 16.6 Å². The number of aromatic amines is 1. The van der Waals surface area contributed by atoms with E-state index in [9.17, 15) is 13.2 Å². The van der Waals surface area contributed by atoms with Gasteiger partial charge in [0.05, 0.1) is 9.92 Å². The van der Waals surface area contributed by atoms with Crippen molar-refractivity contribution < 1.29 is 13.2 Å². The minimum absolute atomic E-state index is 0.0859. The summed E-state index contributed by atoms with van der Waals surface area (Å²) in [4.78, 5) is 14.7. The molecule has 2 aromatic rings. The molecule has 2 aliphatic heterocycles. The first kappa shape index (κ1) is 18.9. The van der Waals surface area contributed by atoms with Crippen LogP contribution in [-0.4, -0.2) is 56.1 Å². The number of rotatable bonds is 4. The molecule has 2 saturated heterocycles. The third kappa shape index (κ3) is 3.64. The van der Waals surface area contributed by atoms with Crippen molar-refractivity contribution in [1.29, 1.82) is 0 Å². The molecular formula is C18H22ClN3O4S. The Bertz CT molecular complexity index is 1000. The molecule has 2 fully saturated rings. The summed E-state index contributed by atoms with van der Waals surface area (Å²) >= 11 is 6.23. The number of sulfonamides is 1. The second-order valence-electron chi connectivity index (χ2n) is 7.05. The molecule has 2 N–H and O–H groups in total. The van der Waals surface area contributed by atoms with Crippen LogP contribution in [0.1, 0.15) is 19.3 Å². The minimum atomic E-state index is -3.75. The number of ether oxygens (including phenoxy) is 1. The topological polar surface area (TPSA) is 91.5 Å². The van der Waals surface area contributed by atoms with Gasteiger partial charge in [0, 0.05) is 55.4 Å². The lowest BCUT2D eigenvalue weighted by Crippen LogP contribution is -2.43. The van der Waals surface area contributed by atoms with Crippen LogP contribution in [0.4, 0.5) is 0 Å². The smallest absolute Gasteiger partial charge is 0.255 e. The molecule has 146 valence electrons. The second kappa shape index (κ2) is 7.52.